The van der Waals surface area contributed by atoms with Crippen molar-refractivity contribution in [2.45, 2.75) is 5.16 Å². The molecule has 0 saturated heterocycles. The number of amides is 3. The molecule has 0 bridgehead atoms. The Balaban J connectivity index is 1.84. The standard InChI is InChI=1S/C15H16N4O4S/c1-19-11(13(21)23-2)8-16-15(19)24-9-12(20)18-14(22)17-10-6-4-3-5-7-10/h3-8H,9H2,1-2H3,(H2,17,18,20,22). The van der Waals surface area contributed by atoms with E-state index in [1.807, 2.05) is 6.07 Å². The van der Waals surface area contributed by atoms with E-state index in [-0.39, 0.29) is 11.4 Å². The number of carbonyl (C=O) groups excluding carboxylic acids is 3. The fourth-order valence-corrected chi connectivity index (χ4v) is 2.55. The highest BCUT2D eigenvalue weighted by Crippen LogP contribution is 2.17. The van der Waals surface area contributed by atoms with Gasteiger partial charge in [0.1, 0.15) is 5.69 Å². The summed E-state index contributed by atoms with van der Waals surface area (Å²) in [5.41, 5.74) is 0.865. The summed E-state index contributed by atoms with van der Waals surface area (Å²) in [5, 5.41) is 5.23. The van der Waals surface area contributed by atoms with Crippen molar-refractivity contribution in [1.82, 2.24) is 14.9 Å². The van der Waals surface area contributed by atoms with Crippen molar-refractivity contribution in [3.63, 3.8) is 0 Å². The first-order valence-electron chi connectivity index (χ1n) is 6.90. The molecular formula is C15H16N4O4S. The van der Waals surface area contributed by atoms with Crippen molar-refractivity contribution in [2.24, 2.45) is 7.05 Å². The molecule has 0 atom stereocenters. The Labute approximate surface area is 142 Å². The van der Waals surface area contributed by atoms with Crippen LogP contribution in [0.2, 0.25) is 0 Å². The van der Waals surface area contributed by atoms with Crippen molar-refractivity contribution in [3.05, 3.63) is 42.2 Å². The molecule has 1 aromatic heterocycles. The first-order chi connectivity index (χ1) is 11.5. The van der Waals surface area contributed by atoms with Crippen LogP contribution in [0.15, 0.2) is 41.7 Å². The molecule has 8 nitrogen and oxygen atoms in total. The number of nitrogens with one attached hydrogen (secondary N) is 2. The minimum absolute atomic E-state index is 0.0202. The van der Waals surface area contributed by atoms with Crippen LogP contribution in [0.3, 0.4) is 0 Å². The van der Waals surface area contributed by atoms with E-state index >= 15 is 0 Å². The lowest BCUT2D eigenvalue weighted by molar-refractivity contribution is -0.117. The van der Waals surface area contributed by atoms with Crippen LogP contribution in [-0.4, -0.2) is 40.3 Å². The van der Waals surface area contributed by atoms with Crippen LogP contribution in [0, 0.1) is 0 Å². The zero-order chi connectivity index (χ0) is 17.5. The van der Waals surface area contributed by atoms with Gasteiger partial charge in [0, 0.05) is 12.7 Å². The van der Waals surface area contributed by atoms with E-state index in [1.165, 1.54) is 17.9 Å². The Morgan fingerprint density at radius 2 is 1.96 bits per heavy atom. The number of nitrogens with zero attached hydrogens (tertiary/aromatic N) is 2. The SMILES string of the molecule is COC(=O)c1cnc(SCC(=O)NC(=O)Nc2ccccc2)n1C. The average Bonchev–Trinajstić information content (AvgIpc) is 2.94. The summed E-state index contributed by atoms with van der Waals surface area (Å²) < 4.78 is 6.15. The van der Waals surface area contributed by atoms with Gasteiger partial charge >= 0.3 is 12.0 Å². The topological polar surface area (TPSA) is 102 Å². The molecule has 1 heterocycles. The highest BCUT2D eigenvalue weighted by molar-refractivity contribution is 7.99. The number of aromatic nitrogens is 2. The molecule has 24 heavy (non-hydrogen) atoms. The highest BCUT2D eigenvalue weighted by atomic mass is 32.2. The number of esters is 1. The number of para-hydroxylation sites is 1. The number of benzene rings is 1. The van der Waals surface area contributed by atoms with E-state index in [0.29, 0.717) is 10.8 Å². The summed E-state index contributed by atoms with van der Waals surface area (Å²) in [6.45, 7) is 0. The molecule has 126 valence electrons. The van der Waals surface area contributed by atoms with Crippen LogP contribution in [0.4, 0.5) is 10.5 Å². The van der Waals surface area contributed by atoms with Gasteiger partial charge in [-0.1, -0.05) is 30.0 Å². The summed E-state index contributed by atoms with van der Waals surface area (Å²) >= 11 is 1.10. The molecular weight excluding hydrogens is 332 g/mol. The summed E-state index contributed by atoms with van der Waals surface area (Å²) in [4.78, 5) is 39.0. The predicted molar refractivity (Wildman–Crippen MR) is 88.9 cm³/mol. The van der Waals surface area contributed by atoms with Crippen LogP contribution in [0.5, 0.6) is 0 Å². The lowest BCUT2D eigenvalue weighted by atomic mass is 10.3. The molecule has 2 aromatic rings. The first kappa shape index (κ1) is 17.5. The van der Waals surface area contributed by atoms with E-state index < -0.39 is 17.9 Å². The van der Waals surface area contributed by atoms with E-state index in [9.17, 15) is 14.4 Å². The third kappa shape index (κ3) is 4.59. The van der Waals surface area contributed by atoms with Crippen LogP contribution in [-0.2, 0) is 16.6 Å². The molecule has 0 aliphatic carbocycles. The van der Waals surface area contributed by atoms with Crippen molar-refractivity contribution in [1.29, 1.82) is 0 Å². The lowest BCUT2D eigenvalue weighted by Crippen LogP contribution is -2.35. The molecule has 0 spiro atoms. The highest BCUT2D eigenvalue weighted by Gasteiger charge is 2.16. The number of ether oxygens (including phenoxy) is 1. The fraction of sp³-hybridized carbons (Fsp3) is 0.200. The molecule has 1 aromatic carbocycles. The molecule has 0 fully saturated rings. The molecule has 0 saturated carbocycles. The van der Waals surface area contributed by atoms with Gasteiger partial charge in [0.15, 0.2) is 5.16 Å². The zero-order valence-electron chi connectivity index (χ0n) is 13.1. The normalized spacial score (nSPS) is 10.1. The van der Waals surface area contributed by atoms with Gasteiger partial charge in [-0.25, -0.2) is 14.6 Å². The van der Waals surface area contributed by atoms with E-state index in [2.05, 4.69) is 20.4 Å². The van der Waals surface area contributed by atoms with Gasteiger partial charge < -0.3 is 14.6 Å². The smallest absolute Gasteiger partial charge is 0.356 e. The maximum atomic E-state index is 11.8. The average molecular weight is 348 g/mol. The zero-order valence-corrected chi connectivity index (χ0v) is 13.9. The minimum Gasteiger partial charge on any atom is -0.464 e. The Hall–Kier alpha value is -2.81. The maximum Gasteiger partial charge on any atom is 0.356 e. The molecule has 2 N–H and O–H groups in total. The van der Waals surface area contributed by atoms with Gasteiger partial charge in [-0.2, -0.15) is 0 Å². The van der Waals surface area contributed by atoms with Gasteiger partial charge in [-0.15, -0.1) is 0 Å². The number of carbonyl (C=O) groups is 3. The molecule has 3 amide bonds. The molecule has 9 heteroatoms. The number of hydrogen-bond donors (Lipinski definition) is 2. The predicted octanol–water partition coefficient (Wildman–Crippen LogP) is 1.65. The number of anilines is 1. The summed E-state index contributed by atoms with van der Waals surface area (Å²) in [5.74, 6) is -1.01. The number of imide groups is 1. The lowest BCUT2D eigenvalue weighted by Gasteiger charge is -2.07. The Morgan fingerprint density at radius 1 is 1.25 bits per heavy atom. The van der Waals surface area contributed by atoms with Gasteiger partial charge in [0.25, 0.3) is 0 Å². The third-order valence-electron chi connectivity index (χ3n) is 2.96. The quantitative estimate of drug-likeness (QED) is 0.629. The Morgan fingerprint density at radius 3 is 2.62 bits per heavy atom. The van der Waals surface area contributed by atoms with Crippen LogP contribution < -0.4 is 10.6 Å². The van der Waals surface area contributed by atoms with Crippen LogP contribution in [0.25, 0.3) is 0 Å². The van der Waals surface area contributed by atoms with Crippen molar-refractivity contribution in [2.75, 3.05) is 18.2 Å². The second-order valence-corrected chi connectivity index (χ2v) is 5.58. The van der Waals surface area contributed by atoms with E-state index in [4.69, 9.17) is 0 Å². The van der Waals surface area contributed by atoms with Gasteiger partial charge in [0.2, 0.25) is 5.91 Å². The van der Waals surface area contributed by atoms with Crippen molar-refractivity contribution in [3.8, 4) is 0 Å². The molecule has 0 aliphatic rings. The number of hydrogen-bond acceptors (Lipinski definition) is 6. The third-order valence-corrected chi connectivity index (χ3v) is 4.00. The number of urea groups is 1. The number of imidazole rings is 1. The molecule has 0 radical (unpaired) electrons. The van der Waals surface area contributed by atoms with Gasteiger partial charge in [0.05, 0.1) is 19.1 Å². The van der Waals surface area contributed by atoms with Crippen LogP contribution >= 0.6 is 11.8 Å². The molecule has 0 aliphatic heterocycles. The second-order valence-electron chi connectivity index (χ2n) is 4.63. The second kappa shape index (κ2) is 8.16. The monoisotopic (exact) mass is 348 g/mol. The summed E-state index contributed by atoms with van der Waals surface area (Å²) in [7, 11) is 2.92. The summed E-state index contributed by atoms with van der Waals surface area (Å²) in [6, 6.07) is 8.17. The van der Waals surface area contributed by atoms with Gasteiger partial charge in [-0.3, -0.25) is 10.1 Å². The first-order valence-corrected chi connectivity index (χ1v) is 7.88. The largest absolute Gasteiger partial charge is 0.464 e. The Kier molecular flexibility index (Phi) is 5.96. The number of methoxy groups -OCH3 is 1. The number of rotatable bonds is 5. The van der Waals surface area contributed by atoms with Crippen LogP contribution in [0.1, 0.15) is 10.5 Å². The van der Waals surface area contributed by atoms with E-state index in [0.717, 1.165) is 11.8 Å². The van der Waals surface area contributed by atoms with Gasteiger partial charge in [-0.05, 0) is 12.1 Å². The maximum absolute atomic E-state index is 11.8. The number of thioether (sulfide) groups is 1. The summed E-state index contributed by atoms with van der Waals surface area (Å²) in [6.07, 6.45) is 1.37. The van der Waals surface area contributed by atoms with Crippen molar-refractivity contribution >= 4 is 35.4 Å². The molecule has 0 unspecified atom stereocenters. The van der Waals surface area contributed by atoms with E-state index in [1.54, 1.807) is 31.3 Å². The van der Waals surface area contributed by atoms with Crippen molar-refractivity contribution < 1.29 is 19.1 Å². The Bertz CT molecular complexity index is 745. The molecule has 2 rings (SSSR count). The minimum atomic E-state index is -0.609. The fourth-order valence-electron chi connectivity index (χ4n) is 1.80.